The van der Waals surface area contributed by atoms with Crippen LogP contribution in [0.25, 0.3) is 0 Å². The molecule has 0 saturated carbocycles. The summed E-state index contributed by atoms with van der Waals surface area (Å²) in [6.07, 6.45) is 0. The third-order valence-electron chi connectivity index (χ3n) is 5.21. The molecule has 12 heteroatoms. The predicted octanol–water partition coefficient (Wildman–Crippen LogP) is 2.01. The number of methoxy groups -OCH3 is 1. The summed E-state index contributed by atoms with van der Waals surface area (Å²) in [6, 6.07) is 7.52. The van der Waals surface area contributed by atoms with Gasteiger partial charge < -0.3 is 19.5 Å². The topological polar surface area (TPSA) is 122 Å². The molecule has 0 bridgehead atoms. The Morgan fingerprint density at radius 1 is 1.19 bits per heavy atom. The van der Waals surface area contributed by atoms with E-state index >= 15 is 0 Å². The molecule has 32 heavy (non-hydrogen) atoms. The lowest BCUT2D eigenvalue weighted by Crippen LogP contribution is -2.43. The van der Waals surface area contributed by atoms with Gasteiger partial charge in [-0.2, -0.15) is 5.11 Å². The van der Waals surface area contributed by atoms with Crippen molar-refractivity contribution in [2.45, 2.75) is 12.1 Å². The molecule has 1 N–H and O–H groups in total. The Bertz CT molecular complexity index is 1170. The van der Waals surface area contributed by atoms with Gasteiger partial charge in [-0.25, -0.2) is 4.90 Å². The molecule has 164 valence electrons. The minimum atomic E-state index is -1.03. The highest BCUT2D eigenvalue weighted by atomic mass is 35.5. The number of carbonyl (C=O) groups excluding carboxylic acids is 3. The molecule has 0 aromatic heterocycles. The number of ether oxygens (including phenoxy) is 3. The number of hydrogen-bond donors (Lipinski definition) is 1. The summed E-state index contributed by atoms with van der Waals surface area (Å²) in [7, 11) is 1.46. The number of anilines is 2. The first-order valence-corrected chi connectivity index (χ1v) is 9.92. The Balaban J connectivity index is 1.30. The van der Waals surface area contributed by atoms with Crippen LogP contribution in [0.2, 0.25) is 5.02 Å². The lowest BCUT2D eigenvalue weighted by atomic mass is 10.1. The monoisotopic (exact) mass is 457 g/mol. The standard InChI is InChI=1S/C20H16ClN5O6/c1-30-13-5-3-11(7-12(13)21)26-19(28)17-18(20(26)29)25(24-23-17)8-16(27)22-10-2-4-14-15(6-10)32-9-31-14/h2-7,17-18H,8-9H2,1H3,(H,22,27)/t17-,18+/m1/s1. The lowest BCUT2D eigenvalue weighted by molar-refractivity contribution is -0.123. The summed E-state index contributed by atoms with van der Waals surface area (Å²) in [5.74, 6) is 0.0127. The van der Waals surface area contributed by atoms with E-state index in [0.717, 1.165) is 4.90 Å². The van der Waals surface area contributed by atoms with Crippen LogP contribution in [0, 0.1) is 0 Å². The second kappa shape index (κ2) is 7.68. The van der Waals surface area contributed by atoms with Crippen LogP contribution in [0.15, 0.2) is 46.7 Å². The number of benzene rings is 2. The number of hydrogen-bond acceptors (Lipinski definition) is 9. The average molecular weight is 458 g/mol. The number of amides is 3. The first-order valence-electron chi connectivity index (χ1n) is 9.54. The molecule has 3 heterocycles. The highest BCUT2D eigenvalue weighted by Gasteiger charge is 2.55. The molecule has 3 aliphatic rings. The number of rotatable bonds is 5. The number of nitrogens with zero attached hydrogens (tertiary/aromatic N) is 4. The maximum Gasteiger partial charge on any atom is 0.263 e. The van der Waals surface area contributed by atoms with E-state index in [4.69, 9.17) is 25.8 Å². The van der Waals surface area contributed by atoms with Crippen LogP contribution >= 0.6 is 11.6 Å². The molecule has 1 fully saturated rings. The molecule has 3 amide bonds. The van der Waals surface area contributed by atoms with Gasteiger partial charge >= 0.3 is 0 Å². The predicted molar refractivity (Wildman–Crippen MR) is 111 cm³/mol. The number of carbonyl (C=O) groups is 3. The van der Waals surface area contributed by atoms with Gasteiger partial charge in [0.25, 0.3) is 11.8 Å². The van der Waals surface area contributed by atoms with Crippen LogP contribution in [0.1, 0.15) is 0 Å². The second-order valence-electron chi connectivity index (χ2n) is 7.14. The zero-order valence-corrected chi connectivity index (χ0v) is 17.4. The number of nitrogens with one attached hydrogen (secondary N) is 1. The Kier molecular flexibility index (Phi) is 4.82. The summed E-state index contributed by atoms with van der Waals surface area (Å²) in [4.78, 5) is 39.4. The summed E-state index contributed by atoms with van der Waals surface area (Å²) in [6.45, 7) is -0.147. The van der Waals surface area contributed by atoms with Gasteiger partial charge in [0.05, 0.1) is 17.8 Å². The van der Waals surface area contributed by atoms with Crippen LogP contribution in [-0.2, 0) is 14.4 Å². The molecular formula is C20H16ClN5O6. The molecule has 1 saturated heterocycles. The Morgan fingerprint density at radius 2 is 2.00 bits per heavy atom. The van der Waals surface area contributed by atoms with Crippen LogP contribution < -0.4 is 24.4 Å². The van der Waals surface area contributed by atoms with Crippen molar-refractivity contribution in [2.75, 3.05) is 30.7 Å². The first-order chi connectivity index (χ1) is 15.5. The van der Waals surface area contributed by atoms with Crippen LogP contribution in [0.3, 0.4) is 0 Å². The molecule has 3 aliphatic heterocycles. The van der Waals surface area contributed by atoms with Crippen LogP contribution in [0.5, 0.6) is 17.2 Å². The Morgan fingerprint density at radius 3 is 2.78 bits per heavy atom. The van der Waals surface area contributed by atoms with E-state index in [-0.39, 0.29) is 18.4 Å². The summed E-state index contributed by atoms with van der Waals surface area (Å²) in [5.41, 5.74) is 0.787. The van der Waals surface area contributed by atoms with Crippen molar-refractivity contribution in [3.63, 3.8) is 0 Å². The molecule has 0 aliphatic carbocycles. The quantitative estimate of drug-likeness (QED) is 0.681. The van der Waals surface area contributed by atoms with Crippen LogP contribution in [-0.4, -0.2) is 55.3 Å². The van der Waals surface area contributed by atoms with Gasteiger partial charge in [-0.15, -0.1) is 0 Å². The zero-order chi connectivity index (χ0) is 22.4. The minimum absolute atomic E-state index is 0.121. The third kappa shape index (κ3) is 3.26. The van der Waals surface area contributed by atoms with Gasteiger partial charge in [-0.3, -0.25) is 19.4 Å². The fraction of sp³-hybridized carbons (Fsp3) is 0.250. The van der Waals surface area contributed by atoms with Gasteiger partial charge in [0.1, 0.15) is 12.3 Å². The summed E-state index contributed by atoms with van der Waals surface area (Å²) < 4.78 is 15.6. The molecule has 0 radical (unpaired) electrons. The van der Waals surface area contributed by atoms with Crippen molar-refractivity contribution in [3.05, 3.63) is 41.4 Å². The average Bonchev–Trinajstić information content (AvgIpc) is 3.45. The van der Waals surface area contributed by atoms with Crippen molar-refractivity contribution < 1.29 is 28.6 Å². The van der Waals surface area contributed by atoms with Gasteiger partial charge in [-0.1, -0.05) is 16.8 Å². The molecule has 5 rings (SSSR count). The fourth-order valence-electron chi connectivity index (χ4n) is 3.72. The number of imide groups is 1. The lowest BCUT2D eigenvalue weighted by Gasteiger charge is -2.20. The van der Waals surface area contributed by atoms with Gasteiger partial charge in [0.15, 0.2) is 23.6 Å². The number of halogens is 1. The second-order valence-corrected chi connectivity index (χ2v) is 7.55. The highest BCUT2D eigenvalue weighted by Crippen LogP contribution is 2.36. The maximum absolute atomic E-state index is 13.0. The van der Waals surface area contributed by atoms with E-state index in [2.05, 4.69) is 15.7 Å². The molecule has 0 unspecified atom stereocenters. The molecule has 11 nitrogen and oxygen atoms in total. The van der Waals surface area contributed by atoms with Crippen molar-refractivity contribution in [1.82, 2.24) is 5.01 Å². The fourth-order valence-corrected chi connectivity index (χ4v) is 3.98. The van der Waals surface area contributed by atoms with Gasteiger partial charge in [-0.05, 0) is 30.3 Å². The summed E-state index contributed by atoms with van der Waals surface area (Å²) >= 11 is 6.14. The first kappa shape index (κ1) is 20.1. The van der Waals surface area contributed by atoms with Gasteiger partial charge in [0, 0.05) is 11.8 Å². The van der Waals surface area contributed by atoms with E-state index in [1.807, 2.05) is 0 Å². The van der Waals surface area contributed by atoms with Gasteiger partial charge in [0.2, 0.25) is 12.7 Å². The van der Waals surface area contributed by atoms with Crippen molar-refractivity contribution in [3.8, 4) is 17.2 Å². The third-order valence-corrected chi connectivity index (χ3v) is 5.51. The normalized spacial score (nSPS) is 20.7. The smallest absolute Gasteiger partial charge is 0.263 e. The minimum Gasteiger partial charge on any atom is -0.495 e. The SMILES string of the molecule is COc1ccc(N2C(=O)[C@@H]3[C@@H](N=NN3CC(=O)Nc3ccc4c(c3)OCO4)C2=O)cc1Cl. The van der Waals surface area contributed by atoms with Crippen molar-refractivity contribution in [2.24, 2.45) is 10.3 Å². The molecule has 2 aromatic carbocycles. The Hall–Kier alpha value is -3.86. The van der Waals surface area contributed by atoms with E-state index in [0.29, 0.717) is 28.6 Å². The molecule has 2 aromatic rings. The van der Waals surface area contributed by atoms with Crippen molar-refractivity contribution in [1.29, 1.82) is 0 Å². The van der Waals surface area contributed by atoms with E-state index in [1.54, 1.807) is 30.3 Å². The van der Waals surface area contributed by atoms with Crippen molar-refractivity contribution >= 4 is 40.7 Å². The Labute approximate surface area is 186 Å². The van der Waals surface area contributed by atoms with E-state index in [1.165, 1.54) is 18.2 Å². The molecular weight excluding hydrogens is 442 g/mol. The summed E-state index contributed by atoms with van der Waals surface area (Å²) in [5, 5.41) is 12.0. The zero-order valence-electron chi connectivity index (χ0n) is 16.6. The highest BCUT2D eigenvalue weighted by molar-refractivity contribution is 6.33. The van der Waals surface area contributed by atoms with E-state index < -0.39 is 29.8 Å². The largest absolute Gasteiger partial charge is 0.495 e. The maximum atomic E-state index is 13.0. The van der Waals surface area contributed by atoms with Crippen LogP contribution in [0.4, 0.5) is 11.4 Å². The van der Waals surface area contributed by atoms with E-state index in [9.17, 15) is 14.4 Å². The molecule has 0 spiro atoms. The molecule has 2 atom stereocenters. The number of fused-ring (bicyclic) bond motifs is 2.